The molecule has 2 fully saturated rings. The van der Waals surface area contributed by atoms with E-state index in [0.29, 0.717) is 19.4 Å². The average Bonchev–Trinajstić information content (AvgIpc) is 2.56. The summed E-state index contributed by atoms with van der Waals surface area (Å²) in [5.74, 6) is -0.612. The highest BCUT2D eigenvalue weighted by Gasteiger charge is 2.28. The molecule has 0 spiro atoms. The van der Waals surface area contributed by atoms with E-state index in [0.717, 1.165) is 43.7 Å². The Bertz CT molecular complexity index is 602. The lowest BCUT2D eigenvalue weighted by Gasteiger charge is -2.35. The van der Waals surface area contributed by atoms with Crippen molar-refractivity contribution >= 4 is 48.6 Å². The van der Waals surface area contributed by atoms with Gasteiger partial charge in [0, 0.05) is 38.3 Å². The summed E-state index contributed by atoms with van der Waals surface area (Å²) in [6.07, 6.45) is 1.93. The molecule has 0 aliphatic carbocycles. The van der Waals surface area contributed by atoms with Gasteiger partial charge >= 0.3 is 0 Å². The van der Waals surface area contributed by atoms with Gasteiger partial charge in [-0.15, -0.1) is 24.8 Å². The maximum absolute atomic E-state index is 11.9. The molecule has 2 saturated heterocycles. The first-order valence-electron chi connectivity index (χ1n) is 8.02. The second-order valence-corrected chi connectivity index (χ2v) is 6.05. The monoisotopic (exact) mass is 387 g/mol. The molecule has 2 amide bonds. The van der Waals surface area contributed by atoms with Gasteiger partial charge in [0.15, 0.2) is 0 Å². The molecule has 3 rings (SSSR count). The Morgan fingerprint density at radius 2 is 1.68 bits per heavy atom. The number of piperidine rings is 1. The van der Waals surface area contributed by atoms with Crippen molar-refractivity contribution in [1.29, 1.82) is 0 Å². The molecule has 2 aliphatic rings. The van der Waals surface area contributed by atoms with Crippen molar-refractivity contribution in [1.82, 2.24) is 10.2 Å². The Balaban J connectivity index is 0.00000156. The van der Waals surface area contributed by atoms with Crippen LogP contribution in [0.4, 0.5) is 5.69 Å². The van der Waals surface area contributed by atoms with Crippen LogP contribution in [0.1, 0.15) is 24.3 Å². The molecule has 25 heavy (non-hydrogen) atoms. The number of aldehydes is 1. The van der Waals surface area contributed by atoms with Gasteiger partial charge < -0.3 is 9.69 Å². The normalized spacial score (nSPS) is 21.0. The summed E-state index contributed by atoms with van der Waals surface area (Å²) in [7, 11) is 0. The van der Waals surface area contributed by atoms with Crippen molar-refractivity contribution in [3.8, 4) is 0 Å². The Kier molecular flexibility index (Phi) is 8.35. The van der Waals surface area contributed by atoms with Crippen LogP contribution in [-0.2, 0) is 14.4 Å². The Morgan fingerprint density at radius 1 is 1.04 bits per heavy atom. The number of nitrogens with zero attached hydrogens (tertiary/aromatic N) is 2. The minimum atomic E-state index is -0.230. The summed E-state index contributed by atoms with van der Waals surface area (Å²) in [6, 6.07) is 8.03. The fraction of sp³-hybridized carbons (Fsp3) is 0.471. The zero-order valence-electron chi connectivity index (χ0n) is 13.8. The Morgan fingerprint density at radius 3 is 2.24 bits per heavy atom. The molecule has 1 unspecified atom stereocenters. The molecule has 1 aromatic rings. The molecule has 0 aromatic heterocycles. The van der Waals surface area contributed by atoms with Crippen molar-refractivity contribution in [2.24, 2.45) is 0 Å². The lowest BCUT2D eigenvalue weighted by atomic mass is 9.90. The summed E-state index contributed by atoms with van der Waals surface area (Å²) in [5.41, 5.74) is 2.09. The fourth-order valence-electron chi connectivity index (χ4n) is 3.22. The Labute approximate surface area is 159 Å². The molecular formula is C17H23Cl2N3O3. The van der Waals surface area contributed by atoms with Crippen molar-refractivity contribution < 1.29 is 14.4 Å². The van der Waals surface area contributed by atoms with Gasteiger partial charge in [-0.3, -0.25) is 19.8 Å². The van der Waals surface area contributed by atoms with Crippen molar-refractivity contribution in [2.75, 3.05) is 37.6 Å². The van der Waals surface area contributed by atoms with E-state index in [1.54, 1.807) is 0 Å². The molecule has 8 heteroatoms. The first kappa shape index (κ1) is 21.4. The minimum Gasteiger partial charge on any atom is -0.369 e. The van der Waals surface area contributed by atoms with Gasteiger partial charge in [0.05, 0.1) is 12.5 Å². The van der Waals surface area contributed by atoms with Crippen LogP contribution in [0, 0.1) is 0 Å². The number of amides is 2. The third-order valence-electron chi connectivity index (χ3n) is 4.60. The Hall–Kier alpha value is -1.63. The highest BCUT2D eigenvalue weighted by molar-refractivity contribution is 6.00. The van der Waals surface area contributed by atoms with Crippen LogP contribution in [0.5, 0.6) is 0 Å². The van der Waals surface area contributed by atoms with E-state index in [2.05, 4.69) is 15.1 Å². The summed E-state index contributed by atoms with van der Waals surface area (Å²) >= 11 is 0. The number of imide groups is 1. The van der Waals surface area contributed by atoms with Gasteiger partial charge in [0.2, 0.25) is 11.8 Å². The van der Waals surface area contributed by atoms with Gasteiger partial charge in [-0.2, -0.15) is 0 Å². The summed E-state index contributed by atoms with van der Waals surface area (Å²) < 4.78 is 0. The number of piperazine rings is 1. The fourth-order valence-corrected chi connectivity index (χ4v) is 3.22. The number of nitrogens with one attached hydrogen (secondary N) is 1. The topological polar surface area (TPSA) is 69.7 Å². The molecule has 6 nitrogen and oxygen atoms in total. The molecule has 0 bridgehead atoms. The molecule has 2 heterocycles. The quantitative estimate of drug-likeness (QED) is 0.623. The molecule has 1 atom stereocenters. The first-order valence-corrected chi connectivity index (χ1v) is 8.02. The van der Waals surface area contributed by atoms with E-state index in [4.69, 9.17) is 0 Å². The lowest BCUT2D eigenvalue weighted by Crippen LogP contribution is -2.46. The highest BCUT2D eigenvalue weighted by Crippen LogP contribution is 2.27. The number of hydrogen-bond donors (Lipinski definition) is 1. The number of hydrogen-bond acceptors (Lipinski definition) is 5. The van der Waals surface area contributed by atoms with Crippen LogP contribution >= 0.6 is 24.8 Å². The van der Waals surface area contributed by atoms with Gasteiger partial charge in [-0.05, 0) is 24.1 Å². The lowest BCUT2D eigenvalue weighted by molar-refractivity contribution is -0.134. The second kappa shape index (κ2) is 9.75. The summed E-state index contributed by atoms with van der Waals surface area (Å²) in [5, 5.41) is 2.40. The van der Waals surface area contributed by atoms with Gasteiger partial charge in [-0.25, -0.2) is 0 Å². The molecular weight excluding hydrogens is 365 g/mol. The highest BCUT2D eigenvalue weighted by atomic mass is 35.5. The average molecular weight is 388 g/mol. The molecule has 0 radical (unpaired) electrons. The van der Waals surface area contributed by atoms with E-state index < -0.39 is 0 Å². The van der Waals surface area contributed by atoms with Crippen molar-refractivity contribution in [3.63, 3.8) is 0 Å². The predicted molar refractivity (Wildman–Crippen MR) is 101 cm³/mol. The number of carbonyl (C=O) groups is 3. The number of carbonyl (C=O) groups excluding carboxylic acids is 3. The molecule has 0 saturated carbocycles. The maximum Gasteiger partial charge on any atom is 0.234 e. The number of halogens is 2. The minimum absolute atomic E-state index is 0. The van der Waals surface area contributed by atoms with E-state index in [9.17, 15) is 14.4 Å². The molecule has 1 aromatic carbocycles. The van der Waals surface area contributed by atoms with Gasteiger partial charge in [-0.1, -0.05) is 12.1 Å². The maximum atomic E-state index is 11.9. The largest absolute Gasteiger partial charge is 0.369 e. The number of rotatable bonds is 4. The van der Waals surface area contributed by atoms with Gasteiger partial charge in [0.1, 0.15) is 6.29 Å². The van der Waals surface area contributed by atoms with Gasteiger partial charge in [0.25, 0.3) is 0 Å². The van der Waals surface area contributed by atoms with Crippen LogP contribution in [0.3, 0.4) is 0 Å². The van der Waals surface area contributed by atoms with E-state index in [1.165, 1.54) is 0 Å². The zero-order chi connectivity index (χ0) is 16.2. The summed E-state index contributed by atoms with van der Waals surface area (Å²) in [4.78, 5) is 38.1. The smallest absolute Gasteiger partial charge is 0.234 e. The van der Waals surface area contributed by atoms with Crippen molar-refractivity contribution in [3.05, 3.63) is 29.8 Å². The predicted octanol–water partition coefficient (Wildman–Crippen LogP) is 1.37. The van der Waals surface area contributed by atoms with Crippen LogP contribution in [0.25, 0.3) is 0 Å². The summed E-state index contributed by atoms with van der Waals surface area (Å²) in [6.45, 7) is 4.06. The molecule has 1 N–H and O–H groups in total. The van der Waals surface area contributed by atoms with E-state index >= 15 is 0 Å². The number of benzene rings is 1. The third kappa shape index (κ3) is 5.17. The van der Waals surface area contributed by atoms with E-state index in [-0.39, 0.29) is 42.5 Å². The van der Waals surface area contributed by atoms with E-state index in [1.807, 2.05) is 24.3 Å². The van der Waals surface area contributed by atoms with Crippen LogP contribution < -0.4 is 10.2 Å². The van der Waals surface area contributed by atoms with Crippen LogP contribution in [-0.4, -0.2) is 55.7 Å². The molecule has 138 valence electrons. The van der Waals surface area contributed by atoms with Crippen molar-refractivity contribution in [2.45, 2.75) is 18.8 Å². The first-order chi connectivity index (χ1) is 11.2. The molecule has 2 aliphatic heterocycles. The zero-order valence-corrected chi connectivity index (χ0v) is 15.5. The van der Waals surface area contributed by atoms with Crippen LogP contribution in [0.2, 0.25) is 0 Å². The second-order valence-electron chi connectivity index (χ2n) is 6.05. The third-order valence-corrected chi connectivity index (χ3v) is 4.60. The SMILES string of the molecule is Cl.Cl.O=CCN1CCN(c2ccc(C3CCC(=O)NC3=O)cc2)CC1. The standard InChI is InChI=1S/C17H21N3O3.2ClH/c21-12-11-19-7-9-20(10-8-19)14-3-1-13(2-4-14)15-5-6-16(22)18-17(15)23;;/h1-4,12,15H,5-11H2,(H,18,22,23);2*1H. The van der Waals surface area contributed by atoms with Crippen LogP contribution in [0.15, 0.2) is 24.3 Å². The number of anilines is 1.